The maximum Gasteiger partial charge on any atom is 0.264 e. The summed E-state index contributed by atoms with van der Waals surface area (Å²) in [6.07, 6.45) is 0.931. The molecule has 0 aliphatic heterocycles. The lowest BCUT2D eigenvalue weighted by Gasteiger charge is -2.34. The molecule has 2 atom stereocenters. The van der Waals surface area contributed by atoms with Crippen LogP contribution < -0.4 is 14.4 Å². The van der Waals surface area contributed by atoms with Gasteiger partial charge in [-0.15, -0.1) is 0 Å². The summed E-state index contributed by atoms with van der Waals surface area (Å²) in [5.74, 6) is -0.442. The minimum Gasteiger partial charge on any atom is -0.497 e. The van der Waals surface area contributed by atoms with Crippen molar-refractivity contribution in [2.24, 2.45) is 0 Å². The van der Waals surface area contributed by atoms with Gasteiger partial charge in [-0.05, 0) is 60.9 Å². The lowest BCUT2D eigenvalue weighted by Crippen LogP contribution is -2.54. The molecule has 45 heavy (non-hydrogen) atoms. The second-order valence-corrected chi connectivity index (χ2v) is 13.0. The summed E-state index contributed by atoms with van der Waals surface area (Å²) in [6, 6.07) is 29.8. The number of nitrogens with one attached hydrogen (secondary N) is 1. The number of nitrogens with zero attached hydrogens (tertiary/aromatic N) is 2. The van der Waals surface area contributed by atoms with Gasteiger partial charge < -0.3 is 15.0 Å². The first-order valence-corrected chi connectivity index (χ1v) is 16.5. The van der Waals surface area contributed by atoms with Crippen LogP contribution in [0.5, 0.6) is 5.75 Å². The van der Waals surface area contributed by atoms with Gasteiger partial charge in [-0.3, -0.25) is 13.9 Å². The monoisotopic (exact) mass is 647 g/mol. The van der Waals surface area contributed by atoms with Crippen molar-refractivity contribution in [3.05, 3.63) is 125 Å². The van der Waals surface area contributed by atoms with Crippen LogP contribution in [0.25, 0.3) is 0 Å². The van der Waals surface area contributed by atoms with E-state index in [1.165, 1.54) is 24.1 Å². The number of halogens is 1. The molecule has 0 unspecified atom stereocenters. The van der Waals surface area contributed by atoms with E-state index in [0.29, 0.717) is 17.2 Å². The normalized spacial score (nSPS) is 12.5. The van der Waals surface area contributed by atoms with Crippen LogP contribution in [0, 0.1) is 0 Å². The quantitative estimate of drug-likeness (QED) is 0.179. The van der Waals surface area contributed by atoms with Gasteiger partial charge in [-0.25, -0.2) is 8.42 Å². The van der Waals surface area contributed by atoms with E-state index in [0.717, 1.165) is 15.4 Å². The minimum atomic E-state index is -4.20. The molecule has 0 aromatic heterocycles. The van der Waals surface area contributed by atoms with Gasteiger partial charge >= 0.3 is 0 Å². The van der Waals surface area contributed by atoms with Crippen molar-refractivity contribution in [3.8, 4) is 5.75 Å². The number of carbonyl (C=O) groups excluding carboxylic acids is 2. The Hall–Kier alpha value is -4.34. The predicted molar refractivity (Wildman–Crippen MR) is 178 cm³/mol. The molecule has 0 aliphatic rings. The van der Waals surface area contributed by atoms with E-state index < -0.39 is 28.5 Å². The molecule has 4 aromatic rings. The lowest BCUT2D eigenvalue weighted by molar-refractivity contribution is -0.140. The van der Waals surface area contributed by atoms with Gasteiger partial charge in [0.1, 0.15) is 18.3 Å². The number of hydrogen-bond acceptors (Lipinski definition) is 5. The van der Waals surface area contributed by atoms with Crippen molar-refractivity contribution in [3.63, 3.8) is 0 Å². The molecule has 0 aliphatic carbocycles. The molecule has 10 heteroatoms. The highest BCUT2D eigenvalue weighted by molar-refractivity contribution is 7.92. The molecule has 1 N–H and O–H groups in total. The van der Waals surface area contributed by atoms with Crippen LogP contribution in [-0.2, 0) is 32.6 Å². The summed E-state index contributed by atoms with van der Waals surface area (Å²) in [4.78, 5) is 29.9. The molecular weight excluding hydrogens is 610 g/mol. The number of benzene rings is 4. The molecule has 0 saturated carbocycles. The Kier molecular flexibility index (Phi) is 11.6. The summed E-state index contributed by atoms with van der Waals surface area (Å²) in [6.45, 7) is 3.37. The van der Waals surface area contributed by atoms with Crippen LogP contribution in [0.15, 0.2) is 114 Å². The van der Waals surface area contributed by atoms with E-state index in [-0.39, 0.29) is 35.5 Å². The van der Waals surface area contributed by atoms with E-state index in [9.17, 15) is 18.0 Å². The zero-order valence-electron chi connectivity index (χ0n) is 25.6. The number of methoxy groups -OCH3 is 1. The molecule has 0 fully saturated rings. The van der Waals surface area contributed by atoms with Crippen molar-refractivity contribution in [1.29, 1.82) is 0 Å². The molecule has 0 saturated heterocycles. The molecular formula is C35H38ClN3O5S. The first-order valence-electron chi connectivity index (χ1n) is 14.7. The largest absolute Gasteiger partial charge is 0.497 e. The van der Waals surface area contributed by atoms with Gasteiger partial charge in [0.15, 0.2) is 0 Å². The Morgan fingerprint density at radius 2 is 1.51 bits per heavy atom. The fourth-order valence-corrected chi connectivity index (χ4v) is 6.35. The van der Waals surface area contributed by atoms with Crippen molar-refractivity contribution in [1.82, 2.24) is 10.2 Å². The molecule has 2 amide bonds. The predicted octanol–water partition coefficient (Wildman–Crippen LogP) is 6.10. The Morgan fingerprint density at radius 1 is 0.867 bits per heavy atom. The van der Waals surface area contributed by atoms with Gasteiger partial charge in [0.2, 0.25) is 11.8 Å². The molecule has 4 aromatic carbocycles. The average Bonchev–Trinajstić information content (AvgIpc) is 3.06. The van der Waals surface area contributed by atoms with Crippen LogP contribution >= 0.6 is 11.6 Å². The third-order valence-corrected chi connectivity index (χ3v) is 9.53. The minimum absolute atomic E-state index is 0.0280. The van der Waals surface area contributed by atoms with Gasteiger partial charge in [0.25, 0.3) is 10.0 Å². The van der Waals surface area contributed by atoms with Crippen molar-refractivity contribution < 1.29 is 22.7 Å². The summed E-state index contributed by atoms with van der Waals surface area (Å²) in [7, 11) is -2.72. The molecule has 8 nitrogen and oxygen atoms in total. The second-order valence-electron chi connectivity index (χ2n) is 10.7. The zero-order chi connectivity index (χ0) is 32.4. The Balaban J connectivity index is 1.81. The maximum absolute atomic E-state index is 14.5. The van der Waals surface area contributed by atoms with Crippen molar-refractivity contribution >= 4 is 39.1 Å². The number of sulfonamides is 1. The number of rotatable bonds is 14. The van der Waals surface area contributed by atoms with Crippen LogP contribution in [0.4, 0.5) is 5.69 Å². The second kappa shape index (κ2) is 15.6. The third kappa shape index (κ3) is 8.86. The van der Waals surface area contributed by atoms with E-state index in [1.807, 2.05) is 44.2 Å². The lowest BCUT2D eigenvalue weighted by atomic mass is 10.0. The fourth-order valence-electron chi connectivity index (χ4n) is 4.80. The standard InChI is InChI=1S/C35H38ClN3O5S/c1-4-26(2)37-35(41)33(22-27-12-7-5-8-13-27)38(24-28-18-20-29(36)21-19-28)34(40)25-39(30-14-11-15-31(23-30)44-3)45(42,43)32-16-9-6-10-17-32/h5-21,23,26,33H,4,22,24-25H2,1-3H3,(H,37,41)/t26-,33-/m0/s1. The first kappa shape index (κ1) is 33.6. The van der Waals surface area contributed by atoms with E-state index >= 15 is 0 Å². The smallest absolute Gasteiger partial charge is 0.264 e. The topological polar surface area (TPSA) is 96.0 Å². The number of anilines is 1. The van der Waals surface area contributed by atoms with Crippen molar-refractivity contribution in [2.75, 3.05) is 18.0 Å². The molecule has 0 heterocycles. The fraction of sp³-hybridized carbons (Fsp3) is 0.257. The SMILES string of the molecule is CC[C@H](C)NC(=O)[C@H](Cc1ccccc1)N(Cc1ccc(Cl)cc1)C(=O)CN(c1cccc(OC)c1)S(=O)(=O)c1ccccc1. The number of hydrogen-bond donors (Lipinski definition) is 1. The Labute approximate surface area is 270 Å². The van der Waals surface area contributed by atoms with E-state index in [2.05, 4.69) is 5.32 Å². The van der Waals surface area contributed by atoms with Crippen LogP contribution in [0.1, 0.15) is 31.4 Å². The molecule has 0 spiro atoms. The zero-order valence-corrected chi connectivity index (χ0v) is 27.2. The summed E-state index contributed by atoms with van der Waals surface area (Å²) < 4.78 is 34.6. The van der Waals surface area contributed by atoms with Gasteiger partial charge in [0, 0.05) is 30.1 Å². The number of amides is 2. The third-order valence-electron chi connectivity index (χ3n) is 7.49. The van der Waals surface area contributed by atoms with Crippen LogP contribution in [-0.4, -0.2) is 50.9 Å². The van der Waals surface area contributed by atoms with Crippen molar-refractivity contribution in [2.45, 2.75) is 50.2 Å². The van der Waals surface area contributed by atoms with Gasteiger partial charge in [-0.1, -0.05) is 85.3 Å². The number of carbonyl (C=O) groups is 2. The first-order chi connectivity index (χ1) is 21.6. The molecule has 0 radical (unpaired) electrons. The molecule has 4 rings (SSSR count). The molecule has 0 bridgehead atoms. The highest BCUT2D eigenvalue weighted by Crippen LogP contribution is 2.28. The highest BCUT2D eigenvalue weighted by Gasteiger charge is 2.35. The number of ether oxygens (including phenoxy) is 1. The Bertz CT molecular complexity index is 1670. The Morgan fingerprint density at radius 3 is 2.13 bits per heavy atom. The van der Waals surface area contributed by atoms with E-state index in [4.69, 9.17) is 16.3 Å². The van der Waals surface area contributed by atoms with Crippen LogP contribution in [0.2, 0.25) is 5.02 Å². The molecule has 236 valence electrons. The van der Waals surface area contributed by atoms with Gasteiger partial charge in [0.05, 0.1) is 17.7 Å². The highest BCUT2D eigenvalue weighted by atomic mass is 35.5. The maximum atomic E-state index is 14.5. The van der Waals surface area contributed by atoms with Crippen LogP contribution in [0.3, 0.4) is 0 Å². The van der Waals surface area contributed by atoms with Gasteiger partial charge in [-0.2, -0.15) is 0 Å². The average molecular weight is 648 g/mol. The summed E-state index contributed by atoms with van der Waals surface area (Å²) in [5.41, 5.74) is 1.85. The summed E-state index contributed by atoms with van der Waals surface area (Å²) in [5, 5.41) is 3.57. The van der Waals surface area contributed by atoms with E-state index in [1.54, 1.807) is 66.7 Å². The summed E-state index contributed by atoms with van der Waals surface area (Å²) >= 11 is 6.15.